The minimum absolute atomic E-state index is 0.0711. The molecule has 220 valence electrons. The van der Waals surface area contributed by atoms with E-state index in [1.807, 2.05) is 19.1 Å². The van der Waals surface area contributed by atoms with E-state index in [1.54, 1.807) is 18.2 Å². The summed E-state index contributed by atoms with van der Waals surface area (Å²) in [7, 11) is 1.35. The minimum atomic E-state index is -1.30. The summed E-state index contributed by atoms with van der Waals surface area (Å²) in [5.41, 5.74) is -0.972. The molecular weight excluding hydrogens is 525 g/mol. The first kappa shape index (κ1) is 28.4. The quantitative estimate of drug-likeness (QED) is 0.525. The SMILES string of the molecule is COC(=O)c1cccc(CN2CC3CC4(C)C5CC(F)C6=CC(=O)C=CC6(C)C5C(O)CC4(C)C3(C(=O)CO)C2)c1. The molecule has 2 N–H and O–H groups in total. The molecule has 1 heterocycles. The van der Waals surface area contributed by atoms with Gasteiger partial charge in [0, 0.05) is 31.0 Å². The standard InChI is InChI=1S/C33H40FNO6/c1-30-9-8-22(37)11-23(30)25(34)12-24-28(30)26(38)14-32(3)31(24,2)13-21-16-35(18-33(21,32)27(39)17-36)15-19-6-5-7-20(10-19)29(40)41-4/h5-11,21,24-26,28,36,38H,12-18H2,1-4H3. The van der Waals surface area contributed by atoms with Gasteiger partial charge in [0.2, 0.25) is 0 Å². The number of ketones is 2. The number of esters is 1. The second-order valence-electron chi connectivity index (χ2n) is 13.8. The highest BCUT2D eigenvalue weighted by molar-refractivity contribution is 6.01. The number of benzene rings is 1. The van der Waals surface area contributed by atoms with Crippen molar-refractivity contribution in [3.8, 4) is 0 Å². The number of aliphatic hydroxyl groups is 2. The normalized spacial score (nSPS) is 43.0. The zero-order chi connectivity index (χ0) is 29.5. The van der Waals surface area contributed by atoms with Gasteiger partial charge in [0.05, 0.1) is 24.2 Å². The molecule has 0 radical (unpaired) electrons. The number of aliphatic hydroxyl groups excluding tert-OH is 2. The van der Waals surface area contributed by atoms with Crippen LogP contribution >= 0.6 is 0 Å². The first-order valence-corrected chi connectivity index (χ1v) is 14.7. The molecule has 1 aromatic carbocycles. The van der Waals surface area contributed by atoms with E-state index in [-0.39, 0.29) is 35.7 Å². The van der Waals surface area contributed by atoms with Crippen LogP contribution < -0.4 is 0 Å². The summed E-state index contributed by atoms with van der Waals surface area (Å²) in [5.74, 6) is -1.40. The molecular formula is C33H40FNO6. The van der Waals surface area contributed by atoms with Gasteiger partial charge in [0.25, 0.3) is 0 Å². The highest BCUT2D eigenvalue weighted by atomic mass is 19.1. The van der Waals surface area contributed by atoms with Gasteiger partial charge in [-0.1, -0.05) is 39.0 Å². The molecule has 0 amide bonds. The van der Waals surface area contributed by atoms with Gasteiger partial charge < -0.3 is 14.9 Å². The molecule has 0 aromatic heterocycles. The van der Waals surface area contributed by atoms with E-state index in [0.29, 0.717) is 43.6 Å². The molecule has 8 heteroatoms. The van der Waals surface area contributed by atoms with Gasteiger partial charge in [-0.25, -0.2) is 9.18 Å². The van der Waals surface area contributed by atoms with Gasteiger partial charge in [0.15, 0.2) is 11.6 Å². The number of allylic oxidation sites excluding steroid dienone is 4. The fraction of sp³-hybridized carbons (Fsp3) is 0.606. The topological polar surface area (TPSA) is 104 Å². The van der Waals surface area contributed by atoms with Crippen LogP contribution in [-0.4, -0.2) is 71.7 Å². The molecule has 9 atom stereocenters. The van der Waals surface area contributed by atoms with E-state index in [9.17, 15) is 24.6 Å². The number of fused-ring (bicyclic) bond motifs is 7. The molecule has 4 fully saturated rings. The molecule has 6 rings (SSSR count). The number of nitrogens with zero attached hydrogens (tertiary/aromatic N) is 1. The molecule has 9 unspecified atom stereocenters. The molecule has 0 bridgehead atoms. The Morgan fingerprint density at radius 1 is 1.20 bits per heavy atom. The van der Waals surface area contributed by atoms with Gasteiger partial charge >= 0.3 is 5.97 Å². The Hall–Kier alpha value is -2.68. The van der Waals surface area contributed by atoms with Crippen molar-refractivity contribution in [2.45, 2.75) is 58.9 Å². The van der Waals surface area contributed by atoms with Gasteiger partial charge in [0.1, 0.15) is 12.8 Å². The fourth-order valence-corrected chi connectivity index (χ4v) is 10.4. The first-order chi connectivity index (χ1) is 19.3. The Morgan fingerprint density at radius 3 is 2.66 bits per heavy atom. The molecule has 4 aliphatic carbocycles. The number of hydrogen-bond donors (Lipinski definition) is 2. The van der Waals surface area contributed by atoms with Gasteiger partial charge in [-0.2, -0.15) is 0 Å². The van der Waals surface area contributed by atoms with Crippen molar-refractivity contribution in [3.63, 3.8) is 0 Å². The summed E-state index contributed by atoms with van der Waals surface area (Å²) in [6.07, 6.45) is 3.85. The predicted octanol–water partition coefficient (Wildman–Crippen LogP) is 3.68. The van der Waals surface area contributed by atoms with Crippen LogP contribution in [0.4, 0.5) is 4.39 Å². The molecule has 3 saturated carbocycles. The van der Waals surface area contributed by atoms with E-state index >= 15 is 4.39 Å². The zero-order valence-corrected chi connectivity index (χ0v) is 24.2. The number of halogens is 1. The summed E-state index contributed by atoms with van der Waals surface area (Å²) in [4.78, 5) is 40.4. The van der Waals surface area contributed by atoms with Gasteiger partial charge in [-0.05, 0) is 77.3 Å². The second kappa shape index (κ2) is 9.41. The first-order valence-electron chi connectivity index (χ1n) is 14.7. The van der Waals surface area contributed by atoms with E-state index in [4.69, 9.17) is 4.74 Å². The lowest BCUT2D eigenvalue weighted by molar-refractivity contribution is -0.190. The van der Waals surface area contributed by atoms with Crippen LogP contribution in [0.2, 0.25) is 0 Å². The zero-order valence-electron chi connectivity index (χ0n) is 24.2. The van der Waals surface area contributed by atoms with Crippen LogP contribution in [-0.2, 0) is 20.9 Å². The maximum absolute atomic E-state index is 15.9. The largest absolute Gasteiger partial charge is 0.465 e. The van der Waals surface area contributed by atoms with Crippen molar-refractivity contribution in [2.24, 2.45) is 39.4 Å². The minimum Gasteiger partial charge on any atom is -0.465 e. The Bertz CT molecular complexity index is 1370. The highest BCUT2D eigenvalue weighted by Gasteiger charge is 2.77. The van der Waals surface area contributed by atoms with Crippen molar-refractivity contribution in [3.05, 3.63) is 59.2 Å². The summed E-state index contributed by atoms with van der Waals surface area (Å²) in [5, 5.41) is 22.2. The van der Waals surface area contributed by atoms with Gasteiger partial charge in [-0.15, -0.1) is 0 Å². The van der Waals surface area contributed by atoms with Crippen molar-refractivity contribution in [1.82, 2.24) is 4.90 Å². The molecule has 5 aliphatic rings. The van der Waals surface area contributed by atoms with Crippen molar-refractivity contribution >= 4 is 17.5 Å². The Morgan fingerprint density at radius 2 is 1.95 bits per heavy atom. The number of carbonyl (C=O) groups is 3. The molecule has 7 nitrogen and oxygen atoms in total. The van der Waals surface area contributed by atoms with Crippen LogP contribution in [0.5, 0.6) is 0 Å². The van der Waals surface area contributed by atoms with Crippen molar-refractivity contribution < 1.29 is 33.7 Å². The number of methoxy groups -OCH3 is 1. The third kappa shape index (κ3) is 3.69. The van der Waals surface area contributed by atoms with Crippen molar-refractivity contribution in [1.29, 1.82) is 0 Å². The summed E-state index contributed by atoms with van der Waals surface area (Å²) in [6.45, 7) is 7.19. The van der Waals surface area contributed by atoms with Crippen LogP contribution in [0.15, 0.2) is 48.1 Å². The van der Waals surface area contributed by atoms with Crippen LogP contribution in [0.1, 0.15) is 56.0 Å². The van der Waals surface area contributed by atoms with Crippen LogP contribution in [0.3, 0.4) is 0 Å². The fourth-order valence-electron chi connectivity index (χ4n) is 10.4. The lowest BCUT2D eigenvalue weighted by atomic mass is 9.39. The average Bonchev–Trinajstić information content (AvgIpc) is 3.38. The van der Waals surface area contributed by atoms with Crippen molar-refractivity contribution in [2.75, 3.05) is 26.8 Å². The number of rotatable bonds is 5. The molecule has 1 saturated heterocycles. The summed E-state index contributed by atoms with van der Waals surface area (Å²) < 4.78 is 20.8. The maximum Gasteiger partial charge on any atom is 0.337 e. The third-order valence-corrected chi connectivity index (χ3v) is 12.2. The molecule has 0 spiro atoms. The number of carbonyl (C=O) groups excluding carboxylic acids is 3. The lowest BCUT2D eigenvalue weighted by Crippen LogP contribution is -2.65. The Labute approximate surface area is 240 Å². The molecule has 1 aliphatic heterocycles. The number of alkyl halides is 1. The van der Waals surface area contributed by atoms with E-state index in [1.165, 1.54) is 19.3 Å². The molecule has 41 heavy (non-hydrogen) atoms. The van der Waals surface area contributed by atoms with Crippen LogP contribution in [0.25, 0.3) is 0 Å². The van der Waals surface area contributed by atoms with Gasteiger partial charge in [-0.3, -0.25) is 14.5 Å². The highest BCUT2D eigenvalue weighted by Crippen LogP contribution is 2.77. The monoisotopic (exact) mass is 565 g/mol. The third-order valence-electron chi connectivity index (χ3n) is 12.2. The summed E-state index contributed by atoms with van der Waals surface area (Å²) >= 11 is 0. The predicted molar refractivity (Wildman–Crippen MR) is 149 cm³/mol. The lowest BCUT2D eigenvalue weighted by Gasteiger charge is -2.65. The van der Waals surface area contributed by atoms with E-state index in [2.05, 4.69) is 18.7 Å². The Kier molecular flexibility index (Phi) is 6.53. The van der Waals surface area contributed by atoms with E-state index < -0.39 is 46.5 Å². The number of hydrogen-bond acceptors (Lipinski definition) is 7. The smallest absolute Gasteiger partial charge is 0.337 e. The van der Waals surface area contributed by atoms with E-state index in [0.717, 1.165) is 5.56 Å². The summed E-state index contributed by atoms with van der Waals surface area (Å²) in [6, 6.07) is 7.27. The number of Topliss-reactive ketones (excluding diaryl/α,β-unsaturated/α-hetero) is 1. The number of likely N-dealkylation sites (tertiary alicyclic amines) is 1. The maximum atomic E-state index is 15.9. The number of ether oxygens (including phenoxy) is 1. The Balaban J connectivity index is 1.37. The second-order valence-corrected chi connectivity index (χ2v) is 13.8. The molecule has 1 aromatic rings. The average molecular weight is 566 g/mol. The van der Waals surface area contributed by atoms with Crippen LogP contribution in [0, 0.1) is 39.4 Å².